The lowest BCUT2D eigenvalue weighted by atomic mass is 10.1. The molecule has 5 heteroatoms. The van der Waals surface area contributed by atoms with Gasteiger partial charge in [-0.3, -0.25) is 9.52 Å². The first kappa shape index (κ1) is 19.3. The van der Waals surface area contributed by atoms with Crippen LogP contribution >= 0.6 is 11.9 Å². The van der Waals surface area contributed by atoms with Gasteiger partial charge in [0.2, 0.25) is 5.91 Å². The monoisotopic (exact) mass is 358 g/mol. The average Bonchev–Trinajstić information content (AvgIpc) is 2.59. The molecule has 2 N–H and O–H groups in total. The summed E-state index contributed by atoms with van der Waals surface area (Å²) < 4.78 is 8.50. The van der Waals surface area contributed by atoms with Crippen molar-refractivity contribution in [2.24, 2.45) is 0 Å². The Bertz CT molecular complexity index is 676. The molecule has 2 rings (SSSR count). The number of amides is 1. The summed E-state index contributed by atoms with van der Waals surface area (Å²) >= 11 is 1.59. The fraction of sp³-hybridized carbons (Fsp3) is 0.350. The minimum absolute atomic E-state index is 0.0176. The van der Waals surface area contributed by atoms with Crippen LogP contribution in [-0.2, 0) is 11.2 Å². The summed E-state index contributed by atoms with van der Waals surface area (Å²) in [5.41, 5.74) is 2.00. The molecule has 25 heavy (non-hydrogen) atoms. The number of methoxy groups -OCH3 is 1. The van der Waals surface area contributed by atoms with Crippen molar-refractivity contribution in [3.63, 3.8) is 0 Å². The molecule has 0 saturated heterocycles. The molecule has 0 atom stereocenters. The van der Waals surface area contributed by atoms with Crippen LogP contribution in [0.5, 0.6) is 5.75 Å². The van der Waals surface area contributed by atoms with Crippen LogP contribution in [0.25, 0.3) is 0 Å². The minimum atomic E-state index is 0.0176. The zero-order valence-electron chi connectivity index (χ0n) is 15.3. The number of aryl methyl sites for hydroxylation is 1. The maximum Gasteiger partial charge on any atom is 0.224 e. The zero-order valence-corrected chi connectivity index (χ0v) is 16.1. The summed E-state index contributed by atoms with van der Waals surface area (Å²) in [4.78, 5) is 13.2. The van der Waals surface area contributed by atoms with Gasteiger partial charge in [-0.25, -0.2) is 0 Å². The molecule has 0 saturated carbocycles. The van der Waals surface area contributed by atoms with Crippen LogP contribution in [-0.4, -0.2) is 18.6 Å². The van der Waals surface area contributed by atoms with Crippen molar-refractivity contribution in [1.82, 2.24) is 4.72 Å². The van der Waals surface area contributed by atoms with E-state index in [0.717, 1.165) is 21.9 Å². The molecule has 0 spiro atoms. The Hall–Kier alpha value is -1.98. The van der Waals surface area contributed by atoms with Gasteiger partial charge in [-0.15, -0.1) is 0 Å². The van der Waals surface area contributed by atoms with Gasteiger partial charge in [-0.05, 0) is 81.1 Å². The van der Waals surface area contributed by atoms with E-state index in [4.69, 9.17) is 4.74 Å². The fourth-order valence-electron chi connectivity index (χ4n) is 2.09. The molecule has 0 fully saturated rings. The third-order valence-corrected chi connectivity index (χ3v) is 4.64. The van der Waals surface area contributed by atoms with E-state index in [1.165, 1.54) is 0 Å². The Labute approximate surface area is 154 Å². The van der Waals surface area contributed by atoms with E-state index < -0.39 is 0 Å². The second-order valence-corrected chi connectivity index (χ2v) is 7.75. The Balaban J connectivity index is 1.79. The van der Waals surface area contributed by atoms with Crippen LogP contribution in [0, 0.1) is 0 Å². The third-order valence-electron chi connectivity index (χ3n) is 3.41. The first-order chi connectivity index (χ1) is 11.9. The molecule has 134 valence electrons. The van der Waals surface area contributed by atoms with Crippen LogP contribution in [0.3, 0.4) is 0 Å². The molecule has 0 unspecified atom stereocenters. The van der Waals surface area contributed by atoms with E-state index in [1.54, 1.807) is 19.1 Å². The van der Waals surface area contributed by atoms with Crippen LogP contribution in [0.15, 0.2) is 53.4 Å². The molecule has 0 aliphatic heterocycles. The molecule has 0 bridgehead atoms. The lowest BCUT2D eigenvalue weighted by molar-refractivity contribution is -0.116. The Morgan fingerprint density at radius 1 is 1.04 bits per heavy atom. The number of benzene rings is 2. The number of hydrogen-bond donors (Lipinski definition) is 2. The molecule has 4 nitrogen and oxygen atoms in total. The third kappa shape index (κ3) is 7.20. The summed E-state index contributed by atoms with van der Waals surface area (Å²) in [5, 5.41) is 2.94. The summed E-state index contributed by atoms with van der Waals surface area (Å²) in [7, 11) is 1.64. The van der Waals surface area contributed by atoms with Gasteiger partial charge in [0.1, 0.15) is 5.75 Å². The molecular weight excluding hydrogens is 332 g/mol. The molecule has 0 aliphatic carbocycles. The highest BCUT2D eigenvalue weighted by atomic mass is 32.2. The lowest BCUT2D eigenvalue weighted by Gasteiger charge is -2.19. The van der Waals surface area contributed by atoms with Crippen molar-refractivity contribution in [3.05, 3.63) is 54.1 Å². The van der Waals surface area contributed by atoms with Gasteiger partial charge in [0.25, 0.3) is 0 Å². The zero-order chi connectivity index (χ0) is 18.3. The number of carbonyl (C=O) groups is 1. The largest absolute Gasteiger partial charge is 0.497 e. The second kappa shape index (κ2) is 8.92. The molecule has 0 heterocycles. The highest BCUT2D eigenvalue weighted by molar-refractivity contribution is 7.97. The van der Waals surface area contributed by atoms with Gasteiger partial charge in [0.05, 0.1) is 7.11 Å². The molecular formula is C20H26N2O2S. The summed E-state index contributed by atoms with van der Waals surface area (Å²) in [6.07, 6.45) is 1.16. The maximum absolute atomic E-state index is 12.1. The number of hydrogen-bond acceptors (Lipinski definition) is 4. The van der Waals surface area contributed by atoms with Gasteiger partial charge in [0.15, 0.2) is 0 Å². The topological polar surface area (TPSA) is 50.4 Å². The van der Waals surface area contributed by atoms with Crippen LogP contribution in [0.2, 0.25) is 0 Å². The normalized spacial score (nSPS) is 11.2. The van der Waals surface area contributed by atoms with Crippen molar-refractivity contribution in [3.8, 4) is 5.75 Å². The van der Waals surface area contributed by atoms with Gasteiger partial charge < -0.3 is 10.1 Å². The summed E-state index contributed by atoms with van der Waals surface area (Å²) in [6, 6.07) is 15.7. The molecule has 2 aromatic rings. The Morgan fingerprint density at radius 3 is 2.24 bits per heavy atom. The number of nitrogens with one attached hydrogen (secondary N) is 2. The van der Waals surface area contributed by atoms with E-state index >= 15 is 0 Å². The highest BCUT2D eigenvalue weighted by Crippen LogP contribution is 2.20. The maximum atomic E-state index is 12.1. The van der Waals surface area contributed by atoms with Crippen molar-refractivity contribution in [1.29, 1.82) is 0 Å². The minimum Gasteiger partial charge on any atom is -0.497 e. The van der Waals surface area contributed by atoms with Crippen LogP contribution in [0.4, 0.5) is 5.69 Å². The average molecular weight is 359 g/mol. The second-order valence-electron chi connectivity index (χ2n) is 6.87. The van der Waals surface area contributed by atoms with Gasteiger partial charge in [-0.2, -0.15) is 0 Å². The predicted molar refractivity (Wildman–Crippen MR) is 105 cm³/mol. The van der Waals surface area contributed by atoms with Crippen molar-refractivity contribution in [2.45, 2.75) is 44.0 Å². The number of anilines is 1. The van der Waals surface area contributed by atoms with E-state index in [-0.39, 0.29) is 11.4 Å². The lowest BCUT2D eigenvalue weighted by Crippen LogP contribution is -2.29. The van der Waals surface area contributed by atoms with Crippen molar-refractivity contribution in [2.75, 3.05) is 12.4 Å². The standard InChI is InChI=1S/C20H26N2O2S/c1-20(2,3)22-25-18-12-8-16(9-13-18)21-19(23)14-7-15-5-10-17(24-4)11-6-15/h5-6,8-13,22H,7,14H2,1-4H3,(H,21,23). The molecule has 0 radical (unpaired) electrons. The summed E-state index contributed by atoms with van der Waals surface area (Å²) in [5.74, 6) is 0.844. The Morgan fingerprint density at radius 2 is 1.68 bits per heavy atom. The quantitative estimate of drug-likeness (QED) is 0.707. The van der Waals surface area contributed by atoms with Crippen LogP contribution < -0.4 is 14.8 Å². The number of rotatable bonds is 7. The van der Waals surface area contributed by atoms with Crippen molar-refractivity contribution < 1.29 is 9.53 Å². The molecule has 2 aromatic carbocycles. The smallest absolute Gasteiger partial charge is 0.224 e. The van der Waals surface area contributed by atoms with E-state index in [2.05, 4.69) is 30.8 Å². The van der Waals surface area contributed by atoms with Gasteiger partial charge in [0, 0.05) is 22.5 Å². The van der Waals surface area contributed by atoms with Gasteiger partial charge >= 0.3 is 0 Å². The Kier molecular flexibility index (Phi) is 6.91. The van der Waals surface area contributed by atoms with E-state index in [1.807, 2.05) is 48.5 Å². The first-order valence-electron chi connectivity index (χ1n) is 8.32. The van der Waals surface area contributed by atoms with Crippen molar-refractivity contribution >= 4 is 23.5 Å². The van der Waals surface area contributed by atoms with E-state index in [9.17, 15) is 4.79 Å². The number of ether oxygens (including phenoxy) is 1. The predicted octanol–water partition coefficient (Wildman–Crippen LogP) is 4.66. The fourth-order valence-corrected chi connectivity index (χ4v) is 2.79. The molecule has 0 aliphatic rings. The van der Waals surface area contributed by atoms with Gasteiger partial charge in [-0.1, -0.05) is 12.1 Å². The number of carbonyl (C=O) groups excluding carboxylic acids is 1. The SMILES string of the molecule is COc1ccc(CCC(=O)Nc2ccc(SNC(C)(C)C)cc2)cc1. The summed E-state index contributed by atoms with van der Waals surface area (Å²) in [6.45, 7) is 6.37. The molecule has 1 amide bonds. The molecule has 0 aromatic heterocycles. The highest BCUT2D eigenvalue weighted by Gasteiger charge is 2.09. The van der Waals surface area contributed by atoms with Crippen LogP contribution in [0.1, 0.15) is 32.8 Å². The van der Waals surface area contributed by atoms with E-state index in [0.29, 0.717) is 12.8 Å². The first-order valence-corrected chi connectivity index (χ1v) is 9.14.